The zero-order valence-corrected chi connectivity index (χ0v) is 13.9. The van der Waals surface area contributed by atoms with Crippen LogP contribution >= 0.6 is 0 Å². The molecular formula is C18H18N4O3. The number of ether oxygens (including phenoxy) is 2. The predicted molar refractivity (Wildman–Crippen MR) is 89.3 cm³/mol. The number of hydrogen-bond acceptors (Lipinski definition) is 6. The molecule has 0 aliphatic carbocycles. The minimum absolute atomic E-state index is 0.00428. The maximum atomic E-state index is 12.5. The topological polar surface area (TPSA) is 88.3 Å². The fraction of sp³-hybridized carbons (Fsp3) is 0.333. The highest BCUT2D eigenvalue weighted by atomic mass is 16.5. The third kappa shape index (κ3) is 4.04. The van der Waals surface area contributed by atoms with Gasteiger partial charge in [0.25, 0.3) is 5.91 Å². The number of nitrogens with zero attached hydrogens (tertiary/aromatic N) is 4. The van der Waals surface area contributed by atoms with E-state index in [2.05, 4.69) is 9.97 Å². The van der Waals surface area contributed by atoms with Gasteiger partial charge in [-0.2, -0.15) is 10.2 Å². The molecule has 1 aliphatic rings. The van der Waals surface area contributed by atoms with Crippen molar-refractivity contribution in [2.45, 2.75) is 18.9 Å². The summed E-state index contributed by atoms with van der Waals surface area (Å²) in [6, 6.07) is 10.7. The van der Waals surface area contributed by atoms with Gasteiger partial charge in [-0.1, -0.05) is 0 Å². The lowest BCUT2D eigenvalue weighted by Gasteiger charge is -2.32. The molecule has 1 aromatic carbocycles. The fourth-order valence-electron chi connectivity index (χ4n) is 2.71. The Hall–Kier alpha value is -3.14. The molecule has 0 saturated carbocycles. The van der Waals surface area contributed by atoms with Gasteiger partial charge in [-0.05, 0) is 24.3 Å². The molecule has 2 aromatic rings. The van der Waals surface area contributed by atoms with Crippen molar-refractivity contribution in [2.24, 2.45) is 0 Å². The number of methoxy groups -OCH3 is 1. The number of benzene rings is 1. The van der Waals surface area contributed by atoms with E-state index in [0.717, 1.165) is 12.8 Å². The van der Waals surface area contributed by atoms with Gasteiger partial charge in [-0.3, -0.25) is 4.79 Å². The van der Waals surface area contributed by atoms with Gasteiger partial charge in [0.15, 0.2) is 0 Å². The van der Waals surface area contributed by atoms with Crippen molar-refractivity contribution in [1.29, 1.82) is 5.26 Å². The molecule has 1 fully saturated rings. The largest absolute Gasteiger partial charge is 0.474 e. The van der Waals surface area contributed by atoms with Gasteiger partial charge in [0.05, 0.1) is 18.7 Å². The molecule has 1 saturated heterocycles. The van der Waals surface area contributed by atoms with Crippen molar-refractivity contribution in [3.63, 3.8) is 0 Å². The standard InChI is InChI=1S/C18H18N4O3/c1-24-18-20-9-6-16(21-18)25-15-7-10-22(11-8-15)17(23)14-4-2-13(12-19)3-5-14/h2-6,9,15H,7-8,10-11H2,1H3. The van der Waals surface area contributed by atoms with E-state index in [0.29, 0.717) is 30.1 Å². The third-order valence-corrected chi connectivity index (χ3v) is 4.07. The Morgan fingerprint density at radius 3 is 2.60 bits per heavy atom. The average molecular weight is 338 g/mol. The number of piperidine rings is 1. The highest BCUT2D eigenvalue weighted by Gasteiger charge is 2.25. The lowest BCUT2D eigenvalue weighted by molar-refractivity contribution is 0.0586. The van der Waals surface area contributed by atoms with E-state index in [-0.39, 0.29) is 18.0 Å². The highest BCUT2D eigenvalue weighted by Crippen LogP contribution is 2.20. The monoisotopic (exact) mass is 338 g/mol. The van der Waals surface area contributed by atoms with E-state index in [4.69, 9.17) is 14.7 Å². The Kier molecular flexibility index (Phi) is 5.09. The Morgan fingerprint density at radius 1 is 1.24 bits per heavy atom. The van der Waals surface area contributed by atoms with Gasteiger partial charge < -0.3 is 14.4 Å². The number of nitriles is 1. The highest BCUT2D eigenvalue weighted by molar-refractivity contribution is 5.94. The summed E-state index contributed by atoms with van der Waals surface area (Å²) in [5.41, 5.74) is 1.14. The lowest BCUT2D eigenvalue weighted by atomic mass is 10.1. The molecule has 0 spiro atoms. The Morgan fingerprint density at radius 2 is 1.96 bits per heavy atom. The minimum Gasteiger partial charge on any atom is -0.474 e. The van der Waals surface area contributed by atoms with E-state index in [1.165, 1.54) is 7.11 Å². The second-order valence-corrected chi connectivity index (χ2v) is 5.68. The number of carbonyl (C=O) groups excluding carboxylic acids is 1. The first kappa shape index (κ1) is 16.7. The van der Waals surface area contributed by atoms with E-state index in [1.54, 1.807) is 36.5 Å². The number of hydrogen-bond donors (Lipinski definition) is 0. The van der Waals surface area contributed by atoms with Crippen molar-refractivity contribution in [3.05, 3.63) is 47.7 Å². The smallest absolute Gasteiger partial charge is 0.319 e. The lowest BCUT2D eigenvalue weighted by Crippen LogP contribution is -2.41. The first-order chi connectivity index (χ1) is 12.2. The molecule has 0 atom stereocenters. The van der Waals surface area contributed by atoms with E-state index in [1.807, 2.05) is 11.0 Å². The number of carbonyl (C=O) groups is 1. The van der Waals surface area contributed by atoms with Crippen molar-refractivity contribution < 1.29 is 14.3 Å². The molecule has 1 aromatic heterocycles. The van der Waals surface area contributed by atoms with Crippen LogP contribution in [-0.4, -0.2) is 47.1 Å². The fourth-order valence-corrected chi connectivity index (χ4v) is 2.71. The van der Waals surface area contributed by atoms with Crippen LogP contribution in [-0.2, 0) is 0 Å². The summed E-state index contributed by atoms with van der Waals surface area (Å²) in [7, 11) is 1.51. The van der Waals surface area contributed by atoms with Gasteiger partial charge in [-0.15, -0.1) is 0 Å². The second-order valence-electron chi connectivity index (χ2n) is 5.68. The van der Waals surface area contributed by atoms with Crippen LogP contribution in [0.4, 0.5) is 0 Å². The molecule has 0 N–H and O–H groups in total. The normalized spacial score (nSPS) is 14.6. The Balaban J connectivity index is 1.55. The molecule has 3 rings (SSSR count). The van der Waals surface area contributed by atoms with Crippen molar-refractivity contribution in [3.8, 4) is 18.0 Å². The number of likely N-dealkylation sites (tertiary alicyclic amines) is 1. The zero-order valence-electron chi connectivity index (χ0n) is 13.9. The summed E-state index contributed by atoms with van der Waals surface area (Å²) in [6.07, 6.45) is 3.05. The van der Waals surface area contributed by atoms with Crippen LogP contribution in [0.5, 0.6) is 11.9 Å². The van der Waals surface area contributed by atoms with Crippen LogP contribution in [0, 0.1) is 11.3 Å². The molecular weight excluding hydrogens is 320 g/mol. The summed E-state index contributed by atoms with van der Waals surface area (Å²) < 4.78 is 10.8. The summed E-state index contributed by atoms with van der Waals surface area (Å²) in [5.74, 6) is 0.454. The number of amides is 1. The van der Waals surface area contributed by atoms with Crippen LogP contribution in [0.2, 0.25) is 0 Å². The van der Waals surface area contributed by atoms with Gasteiger partial charge in [0.1, 0.15) is 6.10 Å². The first-order valence-electron chi connectivity index (χ1n) is 8.02. The number of aromatic nitrogens is 2. The molecule has 25 heavy (non-hydrogen) atoms. The van der Waals surface area contributed by atoms with Crippen LogP contribution in [0.25, 0.3) is 0 Å². The quantitative estimate of drug-likeness (QED) is 0.847. The van der Waals surface area contributed by atoms with Crippen molar-refractivity contribution >= 4 is 5.91 Å². The van der Waals surface area contributed by atoms with Gasteiger partial charge >= 0.3 is 6.01 Å². The molecule has 1 amide bonds. The summed E-state index contributed by atoms with van der Waals surface area (Å²) in [4.78, 5) is 22.4. The average Bonchev–Trinajstić information content (AvgIpc) is 2.68. The van der Waals surface area contributed by atoms with Crippen LogP contribution in [0.15, 0.2) is 36.5 Å². The first-order valence-corrected chi connectivity index (χ1v) is 8.02. The minimum atomic E-state index is -0.0216. The molecule has 0 unspecified atom stereocenters. The summed E-state index contributed by atoms with van der Waals surface area (Å²) >= 11 is 0. The van der Waals surface area contributed by atoms with E-state index < -0.39 is 0 Å². The molecule has 2 heterocycles. The molecule has 7 nitrogen and oxygen atoms in total. The zero-order chi connectivity index (χ0) is 17.6. The van der Waals surface area contributed by atoms with Crippen molar-refractivity contribution in [2.75, 3.05) is 20.2 Å². The van der Waals surface area contributed by atoms with Gasteiger partial charge in [-0.25, -0.2) is 4.98 Å². The summed E-state index contributed by atoms with van der Waals surface area (Å²) in [5, 5.41) is 8.82. The van der Waals surface area contributed by atoms with Crippen LogP contribution in [0.1, 0.15) is 28.8 Å². The van der Waals surface area contributed by atoms with Crippen LogP contribution < -0.4 is 9.47 Å². The Labute approximate surface area is 145 Å². The summed E-state index contributed by atoms with van der Waals surface area (Å²) in [6.45, 7) is 1.23. The van der Waals surface area contributed by atoms with Gasteiger partial charge in [0.2, 0.25) is 5.88 Å². The molecule has 128 valence electrons. The molecule has 0 bridgehead atoms. The van der Waals surface area contributed by atoms with Crippen LogP contribution in [0.3, 0.4) is 0 Å². The molecule has 1 aliphatic heterocycles. The van der Waals surface area contributed by atoms with Crippen molar-refractivity contribution in [1.82, 2.24) is 14.9 Å². The molecule has 0 radical (unpaired) electrons. The maximum Gasteiger partial charge on any atom is 0.319 e. The van der Waals surface area contributed by atoms with Gasteiger partial charge in [0, 0.05) is 43.8 Å². The SMILES string of the molecule is COc1nccc(OC2CCN(C(=O)c3ccc(C#N)cc3)CC2)n1. The second kappa shape index (κ2) is 7.62. The van der Waals surface area contributed by atoms with E-state index >= 15 is 0 Å². The third-order valence-electron chi connectivity index (χ3n) is 4.07. The maximum absolute atomic E-state index is 12.5. The number of rotatable bonds is 4. The predicted octanol–water partition coefficient (Wildman–Crippen LogP) is 2.04. The van der Waals surface area contributed by atoms with E-state index in [9.17, 15) is 4.79 Å². The molecule has 7 heteroatoms. The Bertz CT molecular complexity index is 778.